The number of fused-ring (bicyclic) bond motifs is 12. The highest BCUT2D eigenvalue weighted by Crippen LogP contribution is 2.52. The lowest BCUT2D eigenvalue weighted by Crippen LogP contribution is -2.14. The van der Waals surface area contributed by atoms with Gasteiger partial charge in [-0.25, -0.2) is 0 Å². The monoisotopic (exact) mass is 643 g/mol. The molecule has 0 N–H and O–H groups in total. The van der Waals surface area contributed by atoms with Gasteiger partial charge in [-0.15, -0.1) is 11.3 Å². The second-order valence-corrected chi connectivity index (χ2v) is 14.9. The Hall–Kier alpha value is -5.84. The molecule has 0 aliphatic heterocycles. The Kier molecular flexibility index (Phi) is 5.33. The zero-order valence-corrected chi connectivity index (χ0v) is 27.8. The Morgan fingerprint density at radius 1 is 0.531 bits per heavy atom. The first-order valence-electron chi connectivity index (χ1n) is 16.8. The minimum absolute atomic E-state index is 0.136. The molecule has 0 saturated heterocycles. The summed E-state index contributed by atoms with van der Waals surface area (Å²) in [5.74, 6) is 0. The number of hydrogen-bond acceptors (Lipinski definition) is 3. The van der Waals surface area contributed by atoms with Gasteiger partial charge in [-0.1, -0.05) is 86.6 Å². The highest BCUT2D eigenvalue weighted by molar-refractivity contribution is 7.25. The van der Waals surface area contributed by atoms with Crippen molar-refractivity contribution in [1.82, 2.24) is 14.5 Å². The van der Waals surface area contributed by atoms with Crippen molar-refractivity contribution in [1.29, 1.82) is 0 Å². The van der Waals surface area contributed by atoms with Crippen LogP contribution in [0.15, 0.2) is 140 Å². The van der Waals surface area contributed by atoms with Gasteiger partial charge < -0.3 is 4.57 Å². The van der Waals surface area contributed by atoms with E-state index in [4.69, 9.17) is 4.98 Å². The molecular weight excluding hydrogens is 615 g/mol. The van der Waals surface area contributed by atoms with E-state index in [1.54, 1.807) is 12.4 Å². The van der Waals surface area contributed by atoms with E-state index >= 15 is 0 Å². The van der Waals surface area contributed by atoms with Crippen LogP contribution in [0.3, 0.4) is 0 Å². The van der Waals surface area contributed by atoms with Gasteiger partial charge in [0.25, 0.3) is 0 Å². The molecule has 3 aromatic heterocycles. The fourth-order valence-corrected chi connectivity index (χ4v) is 9.66. The van der Waals surface area contributed by atoms with Crippen molar-refractivity contribution in [3.05, 3.63) is 151 Å². The molecule has 0 saturated carbocycles. The van der Waals surface area contributed by atoms with E-state index in [0.717, 1.165) is 16.4 Å². The van der Waals surface area contributed by atoms with Crippen LogP contribution < -0.4 is 0 Å². The van der Waals surface area contributed by atoms with Crippen molar-refractivity contribution in [3.63, 3.8) is 0 Å². The quantitative estimate of drug-likeness (QED) is 0.176. The van der Waals surface area contributed by atoms with Gasteiger partial charge in [-0.05, 0) is 87.8 Å². The third kappa shape index (κ3) is 3.67. The summed E-state index contributed by atoms with van der Waals surface area (Å²) in [4.78, 5) is 9.30. The summed E-state index contributed by atoms with van der Waals surface area (Å²) in [6, 6.07) is 47.5. The van der Waals surface area contributed by atoms with Crippen LogP contribution in [-0.2, 0) is 5.41 Å². The van der Waals surface area contributed by atoms with E-state index in [2.05, 4.69) is 151 Å². The lowest BCUT2D eigenvalue weighted by Gasteiger charge is -2.22. The van der Waals surface area contributed by atoms with E-state index in [-0.39, 0.29) is 5.41 Å². The largest absolute Gasteiger partial charge is 0.309 e. The summed E-state index contributed by atoms with van der Waals surface area (Å²) in [7, 11) is 0. The number of para-hydroxylation sites is 2. The molecule has 1 aliphatic rings. The molecule has 0 bridgehead atoms. The fraction of sp³-hybridized carbons (Fsp3) is 0.0667. The summed E-state index contributed by atoms with van der Waals surface area (Å²) in [6.07, 6.45) is 3.56. The Morgan fingerprint density at radius 2 is 1.33 bits per heavy atom. The molecular formula is C45H29N3S. The van der Waals surface area contributed by atoms with Crippen molar-refractivity contribution >= 4 is 75.1 Å². The first kappa shape index (κ1) is 27.1. The molecule has 230 valence electrons. The van der Waals surface area contributed by atoms with Gasteiger partial charge in [0.1, 0.15) is 0 Å². The van der Waals surface area contributed by atoms with E-state index in [9.17, 15) is 0 Å². The second kappa shape index (κ2) is 9.62. The van der Waals surface area contributed by atoms with E-state index in [0.29, 0.717) is 0 Å². The van der Waals surface area contributed by atoms with Crippen LogP contribution in [0.2, 0.25) is 0 Å². The maximum Gasteiger partial charge on any atom is 0.0965 e. The maximum atomic E-state index is 4.73. The van der Waals surface area contributed by atoms with Gasteiger partial charge in [0.15, 0.2) is 0 Å². The summed E-state index contributed by atoms with van der Waals surface area (Å²) >= 11 is 1.88. The smallest absolute Gasteiger partial charge is 0.0965 e. The zero-order chi connectivity index (χ0) is 32.4. The van der Waals surface area contributed by atoms with Gasteiger partial charge in [-0.2, -0.15) is 0 Å². The van der Waals surface area contributed by atoms with Crippen LogP contribution in [0.4, 0.5) is 0 Å². The van der Waals surface area contributed by atoms with Crippen LogP contribution >= 0.6 is 11.3 Å². The molecule has 10 aromatic rings. The number of thiophene rings is 1. The number of benzene rings is 7. The molecule has 0 radical (unpaired) electrons. The lowest BCUT2D eigenvalue weighted by molar-refractivity contribution is 0.661. The number of hydrogen-bond donors (Lipinski definition) is 0. The predicted octanol–water partition coefficient (Wildman–Crippen LogP) is 12.2. The van der Waals surface area contributed by atoms with Crippen LogP contribution in [0.25, 0.3) is 91.7 Å². The van der Waals surface area contributed by atoms with Gasteiger partial charge in [0.2, 0.25) is 0 Å². The maximum absolute atomic E-state index is 4.73. The molecule has 0 amide bonds. The van der Waals surface area contributed by atoms with Gasteiger partial charge in [-0.3, -0.25) is 9.97 Å². The molecule has 49 heavy (non-hydrogen) atoms. The summed E-state index contributed by atoms with van der Waals surface area (Å²) in [6.45, 7) is 4.70. The highest BCUT2D eigenvalue weighted by atomic mass is 32.1. The van der Waals surface area contributed by atoms with Crippen molar-refractivity contribution in [3.8, 4) is 27.9 Å². The topological polar surface area (TPSA) is 30.7 Å². The summed E-state index contributed by atoms with van der Waals surface area (Å²) < 4.78 is 5.14. The van der Waals surface area contributed by atoms with E-state index < -0.39 is 0 Å². The number of rotatable bonds is 2. The molecule has 0 unspecified atom stereocenters. The van der Waals surface area contributed by atoms with Crippen LogP contribution in [0.5, 0.6) is 0 Å². The van der Waals surface area contributed by atoms with Gasteiger partial charge >= 0.3 is 0 Å². The second-order valence-electron chi connectivity index (χ2n) is 13.8. The Balaban J connectivity index is 1.15. The minimum atomic E-state index is -0.136. The van der Waals surface area contributed by atoms with Crippen molar-refractivity contribution in [2.24, 2.45) is 0 Å². The lowest BCUT2D eigenvalue weighted by atomic mass is 9.81. The van der Waals surface area contributed by atoms with Crippen molar-refractivity contribution < 1.29 is 0 Å². The van der Waals surface area contributed by atoms with E-state index in [1.165, 1.54) is 86.4 Å². The Labute approximate surface area is 286 Å². The molecule has 0 spiro atoms. The number of aromatic nitrogens is 3. The molecule has 3 nitrogen and oxygen atoms in total. The fourth-order valence-electron chi connectivity index (χ4n) is 8.53. The molecule has 11 rings (SSSR count). The van der Waals surface area contributed by atoms with Crippen molar-refractivity contribution in [2.45, 2.75) is 19.3 Å². The van der Waals surface area contributed by atoms with Crippen molar-refractivity contribution in [2.75, 3.05) is 0 Å². The molecule has 3 heterocycles. The third-order valence-electron chi connectivity index (χ3n) is 10.9. The zero-order valence-electron chi connectivity index (χ0n) is 27.0. The highest BCUT2D eigenvalue weighted by Gasteiger charge is 2.36. The van der Waals surface area contributed by atoms with Crippen LogP contribution in [0.1, 0.15) is 25.0 Å². The molecule has 1 aliphatic carbocycles. The molecule has 4 heteroatoms. The molecule has 0 atom stereocenters. The normalized spacial score (nSPS) is 13.7. The average molecular weight is 644 g/mol. The van der Waals surface area contributed by atoms with E-state index in [1.807, 2.05) is 11.3 Å². The Bertz CT molecular complexity index is 3030. The van der Waals surface area contributed by atoms with Crippen LogP contribution in [-0.4, -0.2) is 14.5 Å². The first-order chi connectivity index (χ1) is 24.0. The third-order valence-corrected chi connectivity index (χ3v) is 12.0. The molecule has 7 aromatic carbocycles. The average Bonchev–Trinajstić information content (AvgIpc) is 3.74. The SMILES string of the molecule is CC1(C)c2ccc(-c3ccccc3-n3c4ccccc4c4cc5sc6ccccc6c5cc43)cc2-c2cc3ccc4nccnc4c3cc21. The van der Waals surface area contributed by atoms with Gasteiger partial charge in [0.05, 0.1) is 27.8 Å². The standard InChI is InChI=1S/C45H29N3S/c1-45(2)36-17-15-26(21-32(36)33-22-27-16-18-38-44(47-20-19-46-38)31(27)23-37(33)45)28-9-3-6-12-39(28)48-40-13-7-4-10-29(40)34-25-43-35(24-41(34)48)30-11-5-8-14-42(30)49-43/h3-25H,1-2H3. The minimum Gasteiger partial charge on any atom is -0.309 e. The first-order valence-corrected chi connectivity index (χ1v) is 17.6. The van der Waals surface area contributed by atoms with Crippen LogP contribution in [0, 0.1) is 0 Å². The van der Waals surface area contributed by atoms with Gasteiger partial charge in [0, 0.05) is 59.7 Å². The summed E-state index contributed by atoms with van der Waals surface area (Å²) in [5, 5.41) is 7.56. The molecule has 0 fully saturated rings. The predicted molar refractivity (Wildman–Crippen MR) is 207 cm³/mol. The number of nitrogens with zero attached hydrogens (tertiary/aromatic N) is 3. The Morgan fingerprint density at radius 3 is 2.27 bits per heavy atom. The summed E-state index contributed by atoms with van der Waals surface area (Å²) in [5.41, 5.74) is 13.2.